The van der Waals surface area contributed by atoms with Gasteiger partial charge in [-0.3, -0.25) is 30.6 Å². The zero-order valence-corrected chi connectivity index (χ0v) is 15.3. The van der Waals surface area contributed by atoms with Gasteiger partial charge in [0.2, 0.25) is 0 Å². The summed E-state index contributed by atoms with van der Waals surface area (Å²) in [7, 11) is 0. The second-order valence-electron chi connectivity index (χ2n) is 6.52. The van der Waals surface area contributed by atoms with Crippen molar-refractivity contribution in [2.75, 3.05) is 0 Å². The van der Waals surface area contributed by atoms with E-state index in [1.807, 2.05) is 6.07 Å². The van der Waals surface area contributed by atoms with Gasteiger partial charge in [0, 0.05) is 16.5 Å². The molecule has 2 amide bonds. The Bertz CT molecular complexity index is 891. The lowest BCUT2D eigenvalue weighted by atomic mass is 9.90. The van der Waals surface area contributed by atoms with Gasteiger partial charge < -0.3 is 0 Å². The molecule has 2 N–H and O–H groups in total. The zero-order valence-electron chi connectivity index (χ0n) is 14.5. The van der Waals surface area contributed by atoms with Crippen LogP contribution in [0.25, 0.3) is 0 Å². The molecule has 0 radical (unpaired) electrons. The van der Waals surface area contributed by atoms with Crippen molar-refractivity contribution < 1.29 is 14.5 Å². The Morgan fingerprint density at radius 1 is 1.27 bits per heavy atom. The third kappa shape index (κ3) is 3.60. The predicted octanol–water partition coefficient (Wildman–Crippen LogP) is 3.16. The molecule has 1 aliphatic carbocycles. The van der Waals surface area contributed by atoms with E-state index < -0.39 is 10.8 Å². The molecule has 0 fully saturated rings. The molecule has 0 saturated carbocycles. The van der Waals surface area contributed by atoms with E-state index in [1.165, 1.54) is 46.9 Å². The van der Waals surface area contributed by atoms with Gasteiger partial charge in [-0.05, 0) is 49.8 Å². The summed E-state index contributed by atoms with van der Waals surface area (Å²) in [5, 5.41) is 11.0. The van der Waals surface area contributed by atoms with E-state index in [0.29, 0.717) is 10.8 Å². The number of hydrogen-bond acceptors (Lipinski definition) is 5. The normalized spacial score (nSPS) is 15.8. The molecule has 1 heterocycles. The number of hydrogen-bond donors (Lipinski definition) is 2. The van der Waals surface area contributed by atoms with E-state index >= 15 is 0 Å². The summed E-state index contributed by atoms with van der Waals surface area (Å²) in [6.45, 7) is 3.70. The number of benzene rings is 1. The summed E-state index contributed by atoms with van der Waals surface area (Å²) in [5.74, 6) is -0.354. The van der Waals surface area contributed by atoms with Crippen LogP contribution in [0.1, 0.15) is 49.4 Å². The molecule has 1 aliphatic rings. The maximum atomic E-state index is 12.3. The van der Waals surface area contributed by atoms with Crippen molar-refractivity contribution in [3.05, 3.63) is 60.8 Å². The Morgan fingerprint density at radius 3 is 2.73 bits per heavy atom. The molecule has 3 rings (SSSR count). The number of nitro groups is 1. The van der Waals surface area contributed by atoms with Crippen LogP contribution in [0.2, 0.25) is 0 Å². The SMILES string of the molecule is Cc1c(C(=O)NNC(=O)c2cc3c(s2)CCC(C)C3)cccc1[N+](=O)[O-]. The molecule has 0 aliphatic heterocycles. The Kier molecular flexibility index (Phi) is 5.03. The average molecular weight is 373 g/mol. The highest BCUT2D eigenvalue weighted by Gasteiger charge is 2.22. The number of nitrogens with zero attached hydrogens (tertiary/aromatic N) is 1. The van der Waals surface area contributed by atoms with Gasteiger partial charge in [0.1, 0.15) is 0 Å². The van der Waals surface area contributed by atoms with Gasteiger partial charge in [-0.15, -0.1) is 11.3 Å². The lowest BCUT2D eigenvalue weighted by molar-refractivity contribution is -0.385. The molecular weight excluding hydrogens is 354 g/mol. The van der Waals surface area contributed by atoms with Crippen molar-refractivity contribution >= 4 is 28.8 Å². The van der Waals surface area contributed by atoms with E-state index in [1.54, 1.807) is 0 Å². The van der Waals surface area contributed by atoms with Gasteiger partial charge in [-0.25, -0.2) is 0 Å². The Balaban J connectivity index is 1.68. The highest BCUT2D eigenvalue weighted by Crippen LogP contribution is 2.32. The highest BCUT2D eigenvalue weighted by molar-refractivity contribution is 7.14. The summed E-state index contributed by atoms with van der Waals surface area (Å²) < 4.78 is 0. The van der Waals surface area contributed by atoms with Gasteiger partial charge in [0.05, 0.1) is 15.4 Å². The molecular formula is C18H19N3O4S. The van der Waals surface area contributed by atoms with E-state index in [9.17, 15) is 19.7 Å². The van der Waals surface area contributed by atoms with Gasteiger partial charge in [-0.2, -0.15) is 0 Å². The quantitative estimate of drug-likeness (QED) is 0.637. The standard InChI is InChI=1S/C18H19N3O4S/c1-10-6-7-15-12(8-10)9-16(26-15)18(23)20-19-17(22)13-4-3-5-14(11(13)2)21(24)25/h3-5,9-10H,6-8H2,1-2H3,(H,19,22)(H,20,23). The first-order valence-electron chi connectivity index (χ1n) is 8.33. The van der Waals surface area contributed by atoms with Crippen molar-refractivity contribution in [2.45, 2.75) is 33.1 Å². The van der Waals surface area contributed by atoms with Gasteiger partial charge >= 0.3 is 0 Å². The fraction of sp³-hybridized carbons (Fsp3) is 0.333. The zero-order chi connectivity index (χ0) is 18.8. The van der Waals surface area contributed by atoms with E-state index in [-0.39, 0.29) is 22.7 Å². The maximum Gasteiger partial charge on any atom is 0.279 e. The molecule has 2 aromatic rings. The lowest BCUT2D eigenvalue weighted by Crippen LogP contribution is -2.41. The molecule has 0 bridgehead atoms. The van der Waals surface area contributed by atoms with E-state index in [0.717, 1.165) is 19.3 Å². The number of amides is 2. The minimum Gasteiger partial charge on any atom is -0.267 e. The van der Waals surface area contributed by atoms with Gasteiger partial charge in [-0.1, -0.05) is 13.0 Å². The van der Waals surface area contributed by atoms with Crippen LogP contribution in [0.3, 0.4) is 0 Å². The minimum atomic E-state index is -0.588. The van der Waals surface area contributed by atoms with Gasteiger partial charge in [0.15, 0.2) is 0 Å². The summed E-state index contributed by atoms with van der Waals surface area (Å²) in [6.07, 6.45) is 3.07. The topological polar surface area (TPSA) is 101 Å². The fourth-order valence-corrected chi connectivity index (χ4v) is 4.23. The molecule has 1 aromatic carbocycles. The number of rotatable bonds is 3. The van der Waals surface area contributed by atoms with Crippen LogP contribution in [0.5, 0.6) is 0 Å². The predicted molar refractivity (Wildman–Crippen MR) is 98.3 cm³/mol. The van der Waals surface area contributed by atoms with Crippen LogP contribution in [0.4, 0.5) is 5.69 Å². The number of fused-ring (bicyclic) bond motifs is 1. The number of hydrazine groups is 1. The van der Waals surface area contributed by atoms with Crippen molar-refractivity contribution in [3.8, 4) is 0 Å². The van der Waals surface area contributed by atoms with E-state index in [2.05, 4.69) is 17.8 Å². The third-order valence-electron chi connectivity index (χ3n) is 4.59. The first-order valence-corrected chi connectivity index (χ1v) is 9.14. The molecule has 8 heteroatoms. The maximum absolute atomic E-state index is 12.3. The number of nitrogens with one attached hydrogen (secondary N) is 2. The lowest BCUT2D eigenvalue weighted by Gasteiger charge is -2.16. The smallest absolute Gasteiger partial charge is 0.267 e. The third-order valence-corrected chi connectivity index (χ3v) is 5.82. The highest BCUT2D eigenvalue weighted by atomic mass is 32.1. The Labute approximate surface area is 154 Å². The van der Waals surface area contributed by atoms with Crippen LogP contribution in [0.15, 0.2) is 24.3 Å². The van der Waals surface area contributed by atoms with Crippen LogP contribution >= 0.6 is 11.3 Å². The summed E-state index contributed by atoms with van der Waals surface area (Å²) in [6, 6.07) is 6.14. The van der Waals surface area contributed by atoms with Crippen molar-refractivity contribution in [1.82, 2.24) is 10.9 Å². The number of carbonyl (C=O) groups is 2. The number of nitro benzene ring substituents is 1. The number of carbonyl (C=O) groups excluding carboxylic acids is 2. The van der Waals surface area contributed by atoms with E-state index in [4.69, 9.17) is 0 Å². The monoisotopic (exact) mass is 373 g/mol. The second kappa shape index (κ2) is 7.25. The first kappa shape index (κ1) is 18.1. The number of thiophene rings is 1. The van der Waals surface area contributed by atoms with Gasteiger partial charge in [0.25, 0.3) is 17.5 Å². The summed E-state index contributed by atoms with van der Waals surface area (Å²) >= 11 is 1.45. The van der Waals surface area contributed by atoms with Crippen molar-refractivity contribution in [2.24, 2.45) is 5.92 Å². The molecule has 26 heavy (non-hydrogen) atoms. The summed E-state index contributed by atoms with van der Waals surface area (Å²) in [4.78, 5) is 36.8. The molecule has 0 saturated heterocycles. The fourth-order valence-electron chi connectivity index (χ4n) is 3.13. The first-order chi connectivity index (χ1) is 12.4. The van der Waals surface area contributed by atoms with Crippen LogP contribution in [-0.2, 0) is 12.8 Å². The number of aryl methyl sites for hydroxylation is 1. The molecule has 0 spiro atoms. The van der Waals surface area contributed by atoms with Crippen LogP contribution in [-0.4, -0.2) is 16.7 Å². The van der Waals surface area contributed by atoms with Crippen molar-refractivity contribution in [3.63, 3.8) is 0 Å². The molecule has 1 unspecified atom stereocenters. The van der Waals surface area contributed by atoms with Crippen LogP contribution in [0, 0.1) is 23.0 Å². The average Bonchev–Trinajstić information content (AvgIpc) is 3.02. The molecule has 136 valence electrons. The Morgan fingerprint density at radius 2 is 2.00 bits per heavy atom. The van der Waals surface area contributed by atoms with Crippen molar-refractivity contribution in [1.29, 1.82) is 0 Å². The molecule has 7 nitrogen and oxygen atoms in total. The second-order valence-corrected chi connectivity index (χ2v) is 7.66. The molecule has 1 atom stereocenters. The van der Waals surface area contributed by atoms with Crippen LogP contribution < -0.4 is 10.9 Å². The minimum absolute atomic E-state index is 0.135. The Hall–Kier alpha value is -2.74. The summed E-state index contributed by atoms with van der Waals surface area (Å²) in [5.41, 5.74) is 6.21. The largest absolute Gasteiger partial charge is 0.279 e. The molecule has 1 aromatic heterocycles.